The Labute approximate surface area is 213 Å². The van der Waals surface area contributed by atoms with Crippen LogP contribution in [0, 0.1) is 17.8 Å². The highest BCUT2D eigenvalue weighted by molar-refractivity contribution is 6.33. The monoisotopic (exact) mass is 502 g/mol. The number of aromatic nitrogens is 3. The molecule has 0 saturated carbocycles. The highest BCUT2D eigenvalue weighted by Gasteiger charge is 2.56. The van der Waals surface area contributed by atoms with E-state index in [9.17, 15) is 14.4 Å². The highest BCUT2D eigenvalue weighted by Crippen LogP contribution is 2.46. The van der Waals surface area contributed by atoms with Crippen molar-refractivity contribution in [3.63, 3.8) is 0 Å². The first-order valence-electron chi connectivity index (χ1n) is 11.3. The van der Waals surface area contributed by atoms with Gasteiger partial charge in [-0.15, -0.1) is 17.4 Å². The number of anilines is 1. The van der Waals surface area contributed by atoms with Crippen molar-refractivity contribution in [3.05, 3.63) is 82.6 Å². The van der Waals surface area contributed by atoms with Crippen molar-refractivity contribution in [2.45, 2.75) is 26.3 Å². The number of para-hydroxylation sites is 1. The van der Waals surface area contributed by atoms with Crippen molar-refractivity contribution < 1.29 is 19.1 Å². The van der Waals surface area contributed by atoms with E-state index in [-0.39, 0.29) is 31.6 Å². The van der Waals surface area contributed by atoms with Crippen LogP contribution in [0.4, 0.5) is 5.69 Å². The van der Waals surface area contributed by atoms with Gasteiger partial charge in [-0.2, -0.15) is 0 Å². The maximum Gasteiger partial charge on any atom is 0.327 e. The fourth-order valence-corrected chi connectivity index (χ4v) is 4.44. The van der Waals surface area contributed by atoms with Crippen molar-refractivity contribution in [1.82, 2.24) is 15.0 Å². The molecule has 2 aromatic carbocycles. The molecule has 0 N–H and O–H groups in total. The molecule has 0 spiro atoms. The zero-order chi connectivity index (χ0) is 25.7. The van der Waals surface area contributed by atoms with Gasteiger partial charge in [0.05, 0.1) is 23.4 Å². The summed E-state index contributed by atoms with van der Waals surface area (Å²) in [5.41, 5.74) is 0.337. The van der Waals surface area contributed by atoms with Gasteiger partial charge in [-0.1, -0.05) is 47.1 Å². The Morgan fingerprint density at radius 2 is 1.97 bits per heavy atom. The third kappa shape index (κ3) is 4.92. The van der Waals surface area contributed by atoms with Gasteiger partial charge in [0.15, 0.2) is 0 Å². The molecule has 182 valence electrons. The largest absolute Gasteiger partial charge is 0.465 e. The van der Waals surface area contributed by atoms with Crippen LogP contribution in [0.5, 0.6) is 0 Å². The molecule has 36 heavy (non-hydrogen) atoms. The van der Waals surface area contributed by atoms with Crippen molar-refractivity contribution in [1.29, 1.82) is 0 Å². The van der Waals surface area contributed by atoms with E-state index in [2.05, 4.69) is 16.2 Å². The van der Waals surface area contributed by atoms with Crippen LogP contribution in [0.15, 0.2) is 66.4 Å². The molecule has 1 aliphatic rings. The van der Waals surface area contributed by atoms with Crippen molar-refractivity contribution in [2.75, 3.05) is 11.5 Å². The number of rotatable bonds is 8. The number of terminal acetylenes is 1. The normalized spacial score (nSPS) is 18.5. The minimum atomic E-state index is -1.39. The Bertz CT molecular complexity index is 1380. The topological polar surface area (TPSA) is 94.4 Å². The zero-order valence-electron chi connectivity index (χ0n) is 19.6. The first-order chi connectivity index (χ1) is 17.4. The molecule has 1 aromatic heterocycles. The van der Waals surface area contributed by atoms with E-state index in [1.807, 2.05) is 0 Å². The smallest absolute Gasteiger partial charge is 0.327 e. The van der Waals surface area contributed by atoms with Crippen molar-refractivity contribution in [3.8, 4) is 12.3 Å². The van der Waals surface area contributed by atoms with Crippen LogP contribution in [0.2, 0.25) is 5.02 Å². The lowest BCUT2D eigenvalue weighted by atomic mass is 9.74. The number of halogens is 1. The molecule has 1 saturated heterocycles. The van der Waals surface area contributed by atoms with Crippen molar-refractivity contribution >= 4 is 41.1 Å². The standard InChI is InChI=1S/C27H23ClN4O4/c1-3-13-27(16-21-17-31(30-29-21)18-24(33)36-4-2)23(15-19-9-8-10-20(28)14-19)25(34)32(26(27)35)22-11-6-5-7-12-22/h1,5-12,14-15,17H,4,13,16,18H2,2H3/b23-15-/t27-/m1/s1. The molecule has 2 heterocycles. The fraction of sp³-hybridized carbons (Fsp3) is 0.222. The van der Waals surface area contributed by atoms with Gasteiger partial charge in [-0.3, -0.25) is 14.4 Å². The van der Waals surface area contributed by atoms with Gasteiger partial charge in [-0.05, 0) is 42.8 Å². The number of hydrogen-bond donors (Lipinski definition) is 0. The maximum atomic E-state index is 14.0. The van der Waals surface area contributed by atoms with E-state index in [1.54, 1.807) is 73.8 Å². The van der Waals surface area contributed by atoms with Crippen molar-refractivity contribution in [2.24, 2.45) is 5.41 Å². The molecule has 8 nitrogen and oxygen atoms in total. The lowest BCUT2D eigenvalue weighted by molar-refractivity contribution is -0.144. The van der Waals surface area contributed by atoms with Crippen LogP contribution >= 0.6 is 11.6 Å². The second-order valence-corrected chi connectivity index (χ2v) is 8.68. The summed E-state index contributed by atoms with van der Waals surface area (Å²) >= 11 is 6.17. The highest BCUT2D eigenvalue weighted by atomic mass is 35.5. The molecular weight excluding hydrogens is 480 g/mol. The molecule has 0 unspecified atom stereocenters. The van der Waals surface area contributed by atoms with Gasteiger partial charge in [-0.25, -0.2) is 9.58 Å². The number of carbonyl (C=O) groups excluding carboxylic acids is 3. The van der Waals surface area contributed by atoms with Gasteiger partial charge in [0.25, 0.3) is 5.91 Å². The van der Waals surface area contributed by atoms with Crippen LogP contribution in [0.25, 0.3) is 6.08 Å². The molecule has 3 aromatic rings. The molecule has 2 amide bonds. The number of benzene rings is 2. The number of esters is 1. The van der Waals surface area contributed by atoms with Crippen LogP contribution < -0.4 is 4.90 Å². The average Bonchev–Trinajstić information content (AvgIpc) is 3.36. The van der Waals surface area contributed by atoms with E-state index >= 15 is 0 Å². The molecule has 1 aliphatic heterocycles. The van der Waals surface area contributed by atoms with E-state index < -0.39 is 23.2 Å². The number of nitrogens with zero attached hydrogens (tertiary/aromatic N) is 4. The van der Waals surface area contributed by atoms with E-state index in [4.69, 9.17) is 22.8 Å². The summed E-state index contributed by atoms with van der Waals surface area (Å²) < 4.78 is 6.28. The summed E-state index contributed by atoms with van der Waals surface area (Å²) in [6.07, 6.45) is 8.91. The minimum absolute atomic E-state index is 0.0142. The average molecular weight is 503 g/mol. The SMILES string of the molecule is C#CC[C@]1(Cc2cn(CC(=O)OCC)nn2)C(=O)N(c2ccccc2)C(=O)/C1=C/c1cccc(Cl)c1. The van der Waals surface area contributed by atoms with E-state index in [1.165, 1.54) is 4.68 Å². The van der Waals surface area contributed by atoms with E-state index in [0.717, 1.165) is 4.90 Å². The number of carbonyl (C=O) groups is 3. The van der Waals surface area contributed by atoms with E-state index in [0.29, 0.717) is 22.0 Å². The molecule has 1 fully saturated rings. The predicted molar refractivity (Wildman–Crippen MR) is 135 cm³/mol. The molecule has 4 rings (SSSR count). The second-order valence-electron chi connectivity index (χ2n) is 8.25. The summed E-state index contributed by atoms with van der Waals surface area (Å²) in [5.74, 6) is 1.19. The van der Waals surface area contributed by atoms with Crippen LogP contribution in [-0.2, 0) is 32.1 Å². The maximum absolute atomic E-state index is 14.0. The number of amides is 2. The summed E-state index contributed by atoms with van der Waals surface area (Å²) in [6, 6.07) is 15.6. The van der Waals surface area contributed by atoms with Gasteiger partial charge < -0.3 is 4.74 Å². The molecular formula is C27H23ClN4O4. The first kappa shape index (κ1) is 24.9. The van der Waals surface area contributed by atoms with Crippen LogP contribution in [0.3, 0.4) is 0 Å². The fourth-order valence-electron chi connectivity index (χ4n) is 4.24. The quantitative estimate of drug-likeness (QED) is 0.202. The zero-order valence-corrected chi connectivity index (χ0v) is 20.3. The van der Waals surface area contributed by atoms with Gasteiger partial charge in [0.1, 0.15) is 6.54 Å². The molecule has 0 bridgehead atoms. The Kier molecular flexibility index (Phi) is 7.32. The van der Waals surface area contributed by atoms with Crippen LogP contribution in [-0.4, -0.2) is 39.4 Å². The third-order valence-electron chi connectivity index (χ3n) is 5.80. The van der Waals surface area contributed by atoms with Gasteiger partial charge >= 0.3 is 5.97 Å². The summed E-state index contributed by atoms with van der Waals surface area (Å²) in [4.78, 5) is 40.7. The lowest BCUT2D eigenvalue weighted by Crippen LogP contribution is -2.37. The Balaban J connectivity index is 1.80. The summed E-state index contributed by atoms with van der Waals surface area (Å²) in [7, 11) is 0. The van der Waals surface area contributed by atoms with Crippen LogP contribution in [0.1, 0.15) is 24.6 Å². The molecule has 1 atom stereocenters. The van der Waals surface area contributed by atoms with Gasteiger partial charge in [0.2, 0.25) is 5.91 Å². The third-order valence-corrected chi connectivity index (χ3v) is 6.04. The number of imide groups is 1. The molecule has 9 heteroatoms. The second kappa shape index (κ2) is 10.6. The Morgan fingerprint density at radius 1 is 1.19 bits per heavy atom. The Morgan fingerprint density at radius 3 is 2.67 bits per heavy atom. The summed E-state index contributed by atoms with van der Waals surface area (Å²) in [5, 5.41) is 8.61. The predicted octanol–water partition coefficient (Wildman–Crippen LogP) is 3.70. The molecule has 0 radical (unpaired) electrons. The Hall–Kier alpha value is -4.22. The number of ether oxygens (including phenoxy) is 1. The summed E-state index contributed by atoms with van der Waals surface area (Å²) in [6.45, 7) is 1.83. The first-order valence-corrected chi connectivity index (χ1v) is 11.7. The van der Waals surface area contributed by atoms with Gasteiger partial charge in [0, 0.05) is 29.6 Å². The lowest BCUT2D eigenvalue weighted by Gasteiger charge is -2.25. The minimum Gasteiger partial charge on any atom is -0.465 e. The number of hydrogen-bond acceptors (Lipinski definition) is 6. The molecule has 0 aliphatic carbocycles.